The van der Waals surface area contributed by atoms with Gasteiger partial charge in [-0.15, -0.1) is 15.3 Å². The standard InChI is InChI=1S/C26H19N5O12S4/c27-20-12-18-13(9-23(20)46(38,39)40)10-24(47(41,42)43)25(26(18)32)31-30-22-8-7-21(17-6-5-16(11-19(17)22)45(35,36)37)29-28-14-1-3-15(4-2-14)44(33)34/h1-12,32H,27H2,(H,33,34)(H,35,36,37)(H,38,39,40)(H,41,42,43). The number of hydrogen-bond donors (Lipinski definition) is 6. The summed E-state index contributed by atoms with van der Waals surface area (Å²) in [7, 11) is -14.7. The van der Waals surface area contributed by atoms with Crippen LogP contribution in [0.2, 0.25) is 0 Å². The van der Waals surface area contributed by atoms with Gasteiger partial charge in [0.2, 0.25) is 0 Å². The Bertz CT molecular complexity index is 2540. The highest BCUT2D eigenvalue weighted by Crippen LogP contribution is 2.44. The second-order valence-corrected chi connectivity index (χ2v) is 14.7. The highest BCUT2D eigenvalue weighted by molar-refractivity contribution is 7.86. The molecule has 5 rings (SSSR count). The van der Waals surface area contributed by atoms with E-state index in [1.165, 1.54) is 42.5 Å². The maximum Gasteiger partial charge on any atom is 0.296 e. The molecule has 7 N–H and O–H groups in total. The van der Waals surface area contributed by atoms with Crippen LogP contribution in [0.3, 0.4) is 0 Å². The van der Waals surface area contributed by atoms with Gasteiger partial charge in [-0.3, -0.25) is 13.7 Å². The first-order valence-electron chi connectivity index (χ1n) is 12.5. The molecule has 0 radical (unpaired) electrons. The van der Waals surface area contributed by atoms with E-state index < -0.39 is 73.2 Å². The monoisotopic (exact) mass is 721 g/mol. The number of fused-ring (bicyclic) bond motifs is 2. The molecule has 0 spiro atoms. The van der Waals surface area contributed by atoms with Crippen molar-refractivity contribution in [2.24, 2.45) is 20.5 Å². The maximum absolute atomic E-state index is 12.3. The van der Waals surface area contributed by atoms with E-state index in [1.54, 1.807) is 0 Å². The van der Waals surface area contributed by atoms with Crippen LogP contribution in [0.4, 0.5) is 28.4 Å². The van der Waals surface area contributed by atoms with Crippen LogP contribution in [0.1, 0.15) is 0 Å². The molecule has 0 saturated carbocycles. The lowest BCUT2D eigenvalue weighted by atomic mass is 10.1. The van der Waals surface area contributed by atoms with Crippen molar-refractivity contribution in [3.05, 3.63) is 72.8 Å². The fourth-order valence-electron chi connectivity index (χ4n) is 4.38. The predicted octanol–water partition coefficient (Wildman–Crippen LogP) is 5.43. The maximum atomic E-state index is 12.3. The first kappa shape index (κ1) is 33.6. The van der Waals surface area contributed by atoms with Crippen molar-refractivity contribution >= 4 is 91.4 Å². The molecule has 0 aliphatic carbocycles. The van der Waals surface area contributed by atoms with Crippen molar-refractivity contribution in [3.8, 4) is 5.75 Å². The Balaban J connectivity index is 1.69. The number of phenols is 1. The van der Waals surface area contributed by atoms with Crippen LogP contribution >= 0.6 is 0 Å². The Morgan fingerprint density at radius 1 is 0.617 bits per heavy atom. The summed E-state index contributed by atoms with van der Waals surface area (Å²) < 4.78 is 121. The van der Waals surface area contributed by atoms with Gasteiger partial charge in [-0.1, -0.05) is 6.07 Å². The molecule has 0 aromatic heterocycles. The summed E-state index contributed by atoms with van der Waals surface area (Å²) in [6, 6.07) is 14.0. The highest BCUT2D eigenvalue weighted by Gasteiger charge is 2.25. The minimum absolute atomic E-state index is 0.00192. The Labute approximate surface area is 267 Å². The molecule has 1 atom stereocenters. The van der Waals surface area contributed by atoms with E-state index in [0.29, 0.717) is 5.69 Å². The summed E-state index contributed by atoms with van der Waals surface area (Å²) in [5, 5.41) is 26.6. The van der Waals surface area contributed by atoms with Gasteiger partial charge < -0.3 is 15.4 Å². The van der Waals surface area contributed by atoms with Crippen molar-refractivity contribution in [3.63, 3.8) is 0 Å². The molecule has 0 saturated heterocycles. The van der Waals surface area contributed by atoms with E-state index in [0.717, 1.165) is 30.3 Å². The lowest BCUT2D eigenvalue weighted by Gasteiger charge is -2.11. The fraction of sp³-hybridized carbons (Fsp3) is 0. The third-order valence-electron chi connectivity index (χ3n) is 6.55. The number of aromatic hydroxyl groups is 1. The molecule has 244 valence electrons. The average molecular weight is 722 g/mol. The van der Waals surface area contributed by atoms with E-state index in [-0.39, 0.29) is 37.8 Å². The number of rotatable bonds is 8. The molecule has 0 aliphatic heterocycles. The summed E-state index contributed by atoms with van der Waals surface area (Å²) in [5.41, 5.74) is 4.70. The van der Waals surface area contributed by atoms with Crippen LogP contribution < -0.4 is 5.73 Å². The van der Waals surface area contributed by atoms with Gasteiger partial charge in [0, 0.05) is 16.2 Å². The first-order chi connectivity index (χ1) is 21.8. The number of nitrogens with zero attached hydrogens (tertiary/aromatic N) is 4. The largest absolute Gasteiger partial charge is 0.505 e. The minimum atomic E-state index is -5.15. The van der Waals surface area contributed by atoms with Crippen molar-refractivity contribution in [1.82, 2.24) is 0 Å². The Kier molecular flexibility index (Phi) is 8.67. The SMILES string of the molecule is Nc1cc2c(O)c(N=Nc3ccc(N=Nc4ccc(S(=O)O)cc4)c4ccc(S(=O)(=O)O)cc34)c(S(=O)(=O)O)cc2cc1S(=O)(=O)O. The van der Waals surface area contributed by atoms with Gasteiger partial charge in [0.05, 0.1) is 32.5 Å². The number of benzene rings is 5. The molecule has 0 bridgehead atoms. The molecule has 5 aromatic carbocycles. The lowest BCUT2D eigenvalue weighted by molar-refractivity contribution is 0.472. The Hall–Kier alpha value is -4.74. The molecular weight excluding hydrogens is 703 g/mol. The molecule has 0 amide bonds. The average Bonchev–Trinajstić information content (AvgIpc) is 2.98. The van der Waals surface area contributed by atoms with Crippen molar-refractivity contribution < 1.29 is 52.8 Å². The van der Waals surface area contributed by atoms with Crippen molar-refractivity contribution in [2.75, 3.05) is 5.73 Å². The number of anilines is 1. The summed E-state index contributed by atoms with van der Waals surface area (Å²) in [4.78, 5) is -2.23. The Morgan fingerprint density at radius 2 is 1.19 bits per heavy atom. The molecule has 1 unspecified atom stereocenters. The van der Waals surface area contributed by atoms with Gasteiger partial charge in [0.25, 0.3) is 30.4 Å². The van der Waals surface area contributed by atoms with Crippen LogP contribution in [0.5, 0.6) is 5.75 Å². The van der Waals surface area contributed by atoms with E-state index in [4.69, 9.17) is 5.73 Å². The molecule has 5 aromatic rings. The van der Waals surface area contributed by atoms with E-state index in [9.17, 15) is 52.8 Å². The van der Waals surface area contributed by atoms with Gasteiger partial charge in [0.1, 0.15) is 15.5 Å². The normalized spacial score (nSPS) is 13.6. The minimum Gasteiger partial charge on any atom is -0.505 e. The third kappa shape index (κ3) is 7.01. The number of nitrogen functional groups attached to an aromatic ring is 1. The predicted molar refractivity (Wildman–Crippen MR) is 167 cm³/mol. The second-order valence-electron chi connectivity index (χ2n) is 9.56. The second kappa shape index (κ2) is 12.1. The van der Waals surface area contributed by atoms with Crippen LogP contribution in [-0.4, -0.2) is 52.8 Å². The summed E-state index contributed by atoms with van der Waals surface area (Å²) in [6.07, 6.45) is 0. The van der Waals surface area contributed by atoms with Gasteiger partial charge in [-0.25, -0.2) is 4.21 Å². The lowest BCUT2D eigenvalue weighted by Crippen LogP contribution is -2.04. The first-order valence-corrected chi connectivity index (χ1v) is 17.9. The van der Waals surface area contributed by atoms with Gasteiger partial charge in [-0.05, 0) is 72.1 Å². The molecule has 17 nitrogen and oxygen atoms in total. The third-order valence-corrected chi connectivity index (χ3v) is 9.85. The zero-order valence-electron chi connectivity index (χ0n) is 23.0. The number of azo groups is 2. The zero-order valence-corrected chi connectivity index (χ0v) is 26.3. The molecule has 21 heteroatoms. The van der Waals surface area contributed by atoms with Crippen LogP contribution in [0, 0.1) is 0 Å². The quantitative estimate of drug-likeness (QED) is 0.0504. The summed E-state index contributed by atoms with van der Waals surface area (Å²) in [6.45, 7) is 0. The summed E-state index contributed by atoms with van der Waals surface area (Å²) >= 11 is -2.21. The number of hydrogen-bond acceptors (Lipinski definition) is 13. The van der Waals surface area contributed by atoms with Crippen molar-refractivity contribution in [2.45, 2.75) is 19.6 Å². The van der Waals surface area contributed by atoms with Crippen LogP contribution in [0.15, 0.2) is 113 Å². The molecule has 47 heavy (non-hydrogen) atoms. The summed E-state index contributed by atoms with van der Waals surface area (Å²) in [5.74, 6) is -0.906. The van der Waals surface area contributed by atoms with Gasteiger partial charge in [0.15, 0.2) is 16.8 Å². The fourth-order valence-corrected chi connectivity index (χ4v) is 6.55. The van der Waals surface area contributed by atoms with E-state index in [1.807, 2.05) is 0 Å². The molecule has 0 heterocycles. The zero-order chi connectivity index (χ0) is 34.5. The van der Waals surface area contributed by atoms with E-state index in [2.05, 4.69) is 20.5 Å². The van der Waals surface area contributed by atoms with Crippen LogP contribution in [-0.2, 0) is 41.4 Å². The van der Waals surface area contributed by atoms with E-state index >= 15 is 0 Å². The Morgan fingerprint density at radius 3 is 1.77 bits per heavy atom. The number of phenolic OH excluding ortho intramolecular Hbond substituents is 1. The topological polar surface area (TPSA) is 296 Å². The number of nitrogens with two attached hydrogens (primary N) is 1. The molecule has 0 fully saturated rings. The van der Waals surface area contributed by atoms with Crippen LogP contribution in [0.25, 0.3) is 21.5 Å². The smallest absolute Gasteiger partial charge is 0.296 e. The molecule has 0 aliphatic rings. The van der Waals surface area contributed by atoms with Gasteiger partial charge in [-0.2, -0.15) is 30.4 Å². The molecular formula is C26H19N5O12S4. The van der Waals surface area contributed by atoms with Crippen molar-refractivity contribution in [1.29, 1.82) is 0 Å². The van der Waals surface area contributed by atoms with Gasteiger partial charge >= 0.3 is 0 Å². The highest BCUT2D eigenvalue weighted by atomic mass is 32.2.